The van der Waals surface area contributed by atoms with E-state index in [1.54, 1.807) is 24.2 Å². The van der Waals surface area contributed by atoms with Gasteiger partial charge in [-0.05, 0) is 18.1 Å². The lowest BCUT2D eigenvalue weighted by atomic mass is 10.2. The summed E-state index contributed by atoms with van der Waals surface area (Å²) in [4.78, 5) is 17.3. The topological polar surface area (TPSA) is 33.2 Å². The standard InChI is InChI=1S/C12H15ClN2O/c1-4-9(2)12(16)15(3)8-10-5-6-11(13)14-7-10/h5-7H,2,4,8H2,1,3H3. The molecule has 0 spiro atoms. The van der Waals surface area contributed by atoms with Crippen LogP contribution in [0, 0.1) is 0 Å². The zero-order chi connectivity index (χ0) is 12.1. The van der Waals surface area contributed by atoms with Crippen molar-refractivity contribution < 1.29 is 4.79 Å². The monoisotopic (exact) mass is 238 g/mol. The maximum absolute atomic E-state index is 11.7. The summed E-state index contributed by atoms with van der Waals surface area (Å²) >= 11 is 5.68. The van der Waals surface area contributed by atoms with Crippen LogP contribution in [0.3, 0.4) is 0 Å². The predicted molar refractivity (Wildman–Crippen MR) is 65.2 cm³/mol. The molecular formula is C12H15ClN2O. The van der Waals surface area contributed by atoms with Crippen LogP contribution in [0.15, 0.2) is 30.5 Å². The fourth-order valence-electron chi connectivity index (χ4n) is 1.27. The molecule has 0 radical (unpaired) electrons. The average Bonchev–Trinajstić information content (AvgIpc) is 2.30. The molecule has 86 valence electrons. The van der Waals surface area contributed by atoms with Gasteiger partial charge in [0.1, 0.15) is 5.15 Å². The number of halogens is 1. The van der Waals surface area contributed by atoms with Crippen LogP contribution in [0.2, 0.25) is 5.15 Å². The van der Waals surface area contributed by atoms with E-state index in [0.29, 0.717) is 23.7 Å². The summed E-state index contributed by atoms with van der Waals surface area (Å²) in [6.45, 7) is 6.15. The Morgan fingerprint density at radius 3 is 2.75 bits per heavy atom. The number of carbonyl (C=O) groups excluding carboxylic acids is 1. The number of rotatable bonds is 4. The van der Waals surface area contributed by atoms with Crippen molar-refractivity contribution in [1.29, 1.82) is 0 Å². The number of likely N-dealkylation sites (N-methyl/N-ethyl adjacent to an activating group) is 1. The first-order chi connectivity index (χ1) is 7.54. The molecule has 0 aromatic carbocycles. The van der Waals surface area contributed by atoms with Crippen LogP contribution >= 0.6 is 11.6 Å². The zero-order valence-electron chi connectivity index (χ0n) is 9.53. The molecule has 16 heavy (non-hydrogen) atoms. The highest BCUT2D eigenvalue weighted by Crippen LogP contribution is 2.09. The Bertz CT molecular complexity index is 387. The van der Waals surface area contributed by atoms with Gasteiger partial charge in [0.2, 0.25) is 5.91 Å². The summed E-state index contributed by atoms with van der Waals surface area (Å²) in [5.74, 6) is -0.0301. The number of carbonyl (C=O) groups is 1. The molecule has 0 saturated carbocycles. The van der Waals surface area contributed by atoms with E-state index < -0.39 is 0 Å². The fraction of sp³-hybridized carbons (Fsp3) is 0.333. The second kappa shape index (κ2) is 5.66. The minimum absolute atomic E-state index is 0.0301. The summed E-state index contributed by atoms with van der Waals surface area (Å²) < 4.78 is 0. The second-order valence-electron chi connectivity index (χ2n) is 3.61. The van der Waals surface area contributed by atoms with E-state index in [1.165, 1.54) is 0 Å². The van der Waals surface area contributed by atoms with Gasteiger partial charge in [-0.3, -0.25) is 4.79 Å². The van der Waals surface area contributed by atoms with Gasteiger partial charge in [0.25, 0.3) is 0 Å². The highest BCUT2D eigenvalue weighted by Gasteiger charge is 2.11. The van der Waals surface area contributed by atoms with Crippen molar-refractivity contribution in [1.82, 2.24) is 9.88 Å². The van der Waals surface area contributed by atoms with Gasteiger partial charge < -0.3 is 4.90 Å². The van der Waals surface area contributed by atoms with Crippen LogP contribution in [0.4, 0.5) is 0 Å². The van der Waals surface area contributed by atoms with Gasteiger partial charge in [0.05, 0.1) is 0 Å². The highest BCUT2D eigenvalue weighted by atomic mass is 35.5. The van der Waals surface area contributed by atoms with Crippen molar-refractivity contribution in [3.05, 3.63) is 41.2 Å². The average molecular weight is 239 g/mol. The fourth-order valence-corrected chi connectivity index (χ4v) is 1.38. The number of pyridine rings is 1. The number of hydrogen-bond acceptors (Lipinski definition) is 2. The first kappa shape index (κ1) is 12.7. The second-order valence-corrected chi connectivity index (χ2v) is 3.99. The quantitative estimate of drug-likeness (QED) is 0.597. The van der Waals surface area contributed by atoms with Gasteiger partial charge in [-0.1, -0.05) is 31.2 Å². The van der Waals surface area contributed by atoms with Crippen LogP contribution in [-0.2, 0) is 11.3 Å². The lowest BCUT2D eigenvalue weighted by Gasteiger charge is -2.17. The van der Waals surface area contributed by atoms with E-state index in [9.17, 15) is 4.79 Å². The molecule has 0 N–H and O–H groups in total. The normalized spacial score (nSPS) is 9.94. The molecule has 0 bridgehead atoms. The van der Waals surface area contributed by atoms with E-state index >= 15 is 0 Å². The molecule has 0 unspecified atom stereocenters. The van der Waals surface area contributed by atoms with E-state index in [0.717, 1.165) is 5.56 Å². The minimum atomic E-state index is -0.0301. The van der Waals surface area contributed by atoms with Crippen molar-refractivity contribution in [2.75, 3.05) is 7.05 Å². The number of amides is 1. The largest absolute Gasteiger partial charge is 0.338 e. The molecule has 1 aromatic rings. The van der Waals surface area contributed by atoms with E-state index in [-0.39, 0.29) is 5.91 Å². The molecule has 0 aliphatic rings. The molecule has 4 heteroatoms. The van der Waals surface area contributed by atoms with Crippen molar-refractivity contribution >= 4 is 17.5 Å². The molecule has 1 aromatic heterocycles. The summed E-state index contributed by atoms with van der Waals surface area (Å²) in [6.07, 6.45) is 2.34. The summed E-state index contributed by atoms with van der Waals surface area (Å²) in [7, 11) is 1.75. The van der Waals surface area contributed by atoms with Crippen LogP contribution < -0.4 is 0 Å². The molecule has 0 saturated heterocycles. The number of hydrogen-bond donors (Lipinski definition) is 0. The van der Waals surface area contributed by atoms with Crippen LogP contribution in [0.1, 0.15) is 18.9 Å². The SMILES string of the molecule is C=C(CC)C(=O)N(C)Cc1ccc(Cl)nc1. The summed E-state index contributed by atoms with van der Waals surface area (Å²) in [5.41, 5.74) is 1.56. The Kier molecular flexibility index (Phi) is 4.50. The summed E-state index contributed by atoms with van der Waals surface area (Å²) in [6, 6.07) is 3.57. The van der Waals surface area contributed by atoms with Crippen molar-refractivity contribution in [2.45, 2.75) is 19.9 Å². The Labute approximate surface area is 101 Å². The molecule has 1 heterocycles. The van der Waals surface area contributed by atoms with Gasteiger partial charge in [-0.2, -0.15) is 0 Å². The van der Waals surface area contributed by atoms with E-state index in [2.05, 4.69) is 11.6 Å². The molecular weight excluding hydrogens is 224 g/mol. The van der Waals surface area contributed by atoms with Crippen molar-refractivity contribution in [3.63, 3.8) is 0 Å². The molecule has 0 fully saturated rings. The van der Waals surface area contributed by atoms with Crippen molar-refractivity contribution in [3.8, 4) is 0 Å². The highest BCUT2D eigenvalue weighted by molar-refractivity contribution is 6.29. The predicted octanol–water partition coefficient (Wildman–Crippen LogP) is 2.66. The van der Waals surface area contributed by atoms with Gasteiger partial charge in [0, 0.05) is 25.4 Å². The third-order valence-electron chi connectivity index (χ3n) is 2.28. The Hall–Kier alpha value is -1.35. The molecule has 1 amide bonds. The molecule has 3 nitrogen and oxygen atoms in total. The van der Waals surface area contributed by atoms with E-state index in [1.807, 2.05) is 13.0 Å². The number of aromatic nitrogens is 1. The van der Waals surface area contributed by atoms with Crippen LogP contribution in [-0.4, -0.2) is 22.8 Å². The lowest BCUT2D eigenvalue weighted by Crippen LogP contribution is -2.27. The van der Waals surface area contributed by atoms with Gasteiger partial charge in [-0.25, -0.2) is 4.98 Å². The maximum atomic E-state index is 11.7. The summed E-state index contributed by atoms with van der Waals surface area (Å²) in [5, 5.41) is 0.454. The Balaban J connectivity index is 2.64. The van der Waals surface area contributed by atoms with Gasteiger partial charge in [0.15, 0.2) is 0 Å². The molecule has 0 atom stereocenters. The minimum Gasteiger partial charge on any atom is -0.338 e. The first-order valence-electron chi connectivity index (χ1n) is 5.08. The lowest BCUT2D eigenvalue weighted by molar-refractivity contribution is -0.126. The zero-order valence-corrected chi connectivity index (χ0v) is 10.3. The Morgan fingerprint density at radius 1 is 1.56 bits per heavy atom. The third kappa shape index (κ3) is 3.35. The first-order valence-corrected chi connectivity index (χ1v) is 5.46. The molecule has 1 rings (SSSR count). The van der Waals surface area contributed by atoms with Crippen molar-refractivity contribution in [2.24, 2.45) is 0 Å². The van der Waals surface area contributed by atoms with Gasteiger partial charge in [-0.15, -0.1) is 0 Å². The van der Waals surface area contributed by atoms with Gasteiger partial charge >= 0.3 is 0 Å². The maximum Gasteiger partial charge on any atom is 0.249 e. The van der Waals surface area contributed by atoms with E-state index in [4.69, 9.17) is 11.6 Å². The molecule has 0 aliphatic carbocycles. The molecule has 0 aliphatic heterocycles. The van der Waals surface area contributed by atoms with Crippen LogP contribution in [0.25, 0.3) is 0 Å². The Morgan fingerprint density at radius 2 is 2.25 bits per heavy atom. The van der Waals surface area contributed by atoms with Crippen LogP contribution in [0.5, 0.6) is 0 Å². The number of nitrogens with zero attached hydrogens (tertiary/aromatic N) is 2. The third-order valence-corrected chi connectivity index (χ3v) is 2.51. The smallest absolute Gasteiger partial charge is 0.249 e.